The molecule has 0 radical (unpaired) electrons. The molecule has 0 aliphatic heterocycles. The summed E-state index contributed by atoms with van der Waals surface area (Å²) in [6, 6.07) is 11.1. The topological polar surface area (TPSA) is 39.4 Å². The number of benzene rings is 2. The molecule has 0 aliphatic carbocycles. The first-order valence-electron chi connectivity index (χ1n) is 6.89. The number of fused-ring (bicyclic) bond motifs is 1. The van der Waals surface area contributed by atoms with E-state index >= 15 is 0 Å². The van der Waals surface area contributed by atoms with Crippen molar-refractivity contribution in [3.8, 4) is 16.9 Å². The summed E-state index contributed by atoms with van der Waals surface area (Å²) in [6.07, 6.45) is 0. The lowest BCUT2D eigenvalue weighted by Crippen LogP contribution is -2.00. The van der Waals surface area contributed by atoms with Crippen LogP contribution in [0.3, 0.4) is 0 Å². The second-order valence-electron chi connectivity index (χ2n) is 5.21. The summed E-state index contributed by atoms with van der Waals surface area (Å²) < 4.78 is 11.6. The Hall–Kier alpha value is -2.07. The highest BCUT2D eigenvalue weighted by Gasteiger charge is 2.14. The number of methoxy groups -OCH3 is 1. The molecule has 0 atom stereocenters. The van der Waals surface area contributed by atoms with Crippen molar-refractivity contribution in [2.24, 2.45) is 0 Å². The van der Waals surface area contributed by atoms with Crippen LogP contribution in [0.4, 0.5) is 0 Å². The molecule has 3 aromatic rings. The Labute approximate surface area is 136 Å². The third-order valence-corrected chi connectivity index (χ3v) is 5.01. The Balaban J connectivity index is 2.37. The molecule has 112 valence electrons. The molecule has 1 heterocycles. The minimum Gasteiger partial charge on any atom is -0.497 e. The quantitative estimate of drug-likeness (QED) is 0.614. The predicted molar refractivity (Wildman–Crippen MR) is 91.6 cm³/mol. The molecule has 0 bridgehead atoms. The molecule has 0 N–H and O–H groups in total. The van der Waals surface area contributed by atoms with Gasteiger partial charge in [0.25, 0.3) is 0 Å². The van der Waals surface area contributed by atoms with Gasteiger partial charge in [0, 0.05) is 21.5 Å². The van der Waals surface area contributed by atoms with Gasteiger partial charge in [-0.3, -0.25) is 0 Å². The molecule has 0 saturated heterocycles. The van der Waals surface area contributed by atoms with Gasteiger partial charge in [-0.2, -0.15) is 0 Å². The van der Waals surface area contributed by atoms with Crippen LogP contribution in [0, 0.1) is 13.8 Å². The second-order valence-corrected chi connectivity index (χ2v) is 6.01. The summed E-state index contributed by atoms with van der Waals surface area (Å²) in [6.45, 7) is 4.00. The van der Waals surface area contributed by atoms with Crippen LogP contribution in [-0.4, -0.2) is 7.11 Å². The fourth-order valence-electron chi connectivity index (χ4n) is 2.66. The van der Waals surface area contributed by atoms with Crippen molar-refractivity contribution in [2.75, 3.05) is 7.11 Å². The highest BCUT2D eigenvalue weighted by Crippen LogP contribution is 2.35. The maximum absolute atomic E-state index is 11.9. The van der Waals surface area contributed by atoms with Gasteiger partial charge in [-0.15, -0.1) is 0 Å². The summed E-state index contributed by atoms with van der Waals surface area (Å²) in [5, 5.41) is 0.947. The molecule has 0 saturated carbocycles. The zero-order chi connectivity index (χ0) is 15.9. The van der Waals surface area contributed by atoms with Crippen LogP contribution in [0.15, 0.2) is 50.1 Å². The highest BCUT2D eigenvalue weighted by atomic mass is 79.9. The fourth-order valence-corrected chi connectivity index (χ4v) is 2.98. The van der Waals surface area contributed by atoms with Crippen LogP contribution < -0.4 is 10.4 Å². The van der Waals surface area contributed by atoms with Crippen molar-refractivity contribution >= 4 is 26.9 Å². The lowest BCUT2D eigenvalue weighted by atomic mass is 9.97. The smallest absolute Gasteiger partial charge is 0.336 e. The molecular weight excluding hydrogens is 344 g/mol. The lowest BCUT2D eigenvalue weighted by Gasteiger charge is -2.12. The van der Waals surface area contributed by atoms with Gasteiger partial charge in [-0.05, 0) is 48.7 Å². The second kappa shape index (κ2) is 5.61. The third kappa shape index (κ3) is 2.44. The SMILES string of the molecule is COc1ccc(-c2cc(=O)oc3cc(C)c(Br)c(C)c23)cc1. The predicted octanol–water partition coefficient (Wildman–Crippen LogP) is 4.85. The van der Waals surface area contributed by atoms with Gasteiger partial charge in [0.15, 0.2) is 0 Å². The van der Waals surface area contributed by atoms with Crippen LogP contribution in [0.1, 0.15) is 11.1 Å². The Morgan fingerprint density at radius 3 is 2.41 bits per heavy atom. The van der Waals surface area contributed by atoms with E-state index in [9.17, 15) is 4.79 Å². The largest absolute Gasteiger partial charge is 0.497 e. The van der Waals surface area contributed by atoms with Crippen LogP contribution >= 0.6 is 15.9 Å². The van der Waals surface area contributed by atoms with Crippen molar-refractivity contribution in [3.05, 3.63) is 62.4 Å². The minimum absolute atomic E-state index is 0.348. The van der Waals surface area contributed by atoms with E-state index in [-0.39, 0.29) is 5.63 Å². The zero-order valence-corrected chi connectivity index (χ0v) is 14.2. The van der Waals surface area contributed by atoms with Gasteiger partial charge >= 0.3 is 5.63 Å². The number of ether oxygens (including phenoxy) is 1. The van der Waals surface area contributed by atoms with Crippen molar-refractivity contribution in [1.29, 1.82) is 0 Å². The van der Waals surface area contributed by atoms with E-state index in [2.05, 4.69) is 15.9 Å². The number of rotatable bonds is 2. The van der Waals surface area contributed by atoms with E-state index in [1.165, 1.54) is 0 Å². The average Bonchev–Trinajstić information content (AvgIpc) is 2.52. The van der Waals surface area contributed by atoms with Crippen molar-refractivity contribution in [3.63, 3.8) is 0 Å². The summed E-state index contributed by atoms with van der Waals surface area (Å²) in [4.78, 5) is 11.9. The number of hydrogen-bond donors (Lipinski definition) is 0. The van der Waals surface area contributed by atoms with E-state index in [0.717, 1.165) is 37.9 Å². The van der Waals surface area contributed by atoms with Gasteiger partial charge in [-0.1, -0.05) is 28.1 Å². The van der Waals surface area contributed by atoms with Gasteiger partial charge in [0.1, 0.15) is 11.3 Å². The van der Waals surface area contributed by atoms with Crippen LogP contribution in [-0.2, 0) is 0 Å². The van der Waals surface area contributed by atoms with Crippen LogP contribution in [0.25, 0.3) is 22.1 Å². The Bertz CT molecular complexity index is 908. The number of hydrogen-bond acceptors (Lipinski definition) is 3. The molecule has 22 heavy (non-hydrogen) atoms. The van der Waals surface area contributed by atoms with E-state index in [4.69, 9.17) is 9.15 Å². The molecule has 2 aromatic carbocycles. The van der Waals surface area contributed by atoms with Crippen LogP contribution in [0.2, 0.25) is 0 Å². The molecular formula is C18H15BrO3. The monoisotopic (exact) mass is 358 g/mol. The molecule has 0 spiro atoms. The van der Waals surface area contributed by atoms with Gasteiger partial charge in [0.2, 0.25) is 0 Å². The van der Waals surface area contributed by atoms with E-state index in [0.29, 0.717) is 5.58 Å². The highest BCUT2D eigenvalue weighted by molar-refractivity contribution is 9.10. The minimum atomic E-state index is -0.348. The summed E-state index contributed by atoms with van der Waals surface area (Å²) >= 11 is 3.61. The van der Waals surface area contributed by atoms with Gasteiger partial charge < -0.3 is 9.15 Å². The lowest BCUT2D eigenvalue weighted by molar-refractivity contribution is 0.415. The summed E-state index contributed by atoms with van der Waals surface area (Å²) in [5.41, 5.74) is 4.19. The van der Waals surface area contributed by atoms with Crippen molar-refractivity contribution < 1.29 is 9.15 Å². The van der Waals surface area contributed by atoms with E-state index in [1.807, 2.05) is 44.2 Å². The fraction of sp³-hybridized carbons (Fsp3) is 0.167. The van der Waals surface area contributed by atoms with Crippen LogP contribution in [0.5, 0.6) is 5.75 Å². The standard InChI is InChI=1S/C18H15BrO3/c1-10-8-15-17(11(2)18(10)19)14(9-16(20)22-15)12-4-6-13(21-3)7-5-12/h4-9H,1-3H3. The maximum Gasteiger partial charge on any atom is 0.336 e. The normalized spacial score (nSPS) is 10.9. The first-order valence-corrected chi connectivity index (χ1v) is 7.68. The van der Waals surface area contributed by atoms with Crippen molar-refractivity contribution in [2.45, 2.75) is 13.8 Å². The van der Waals surface area contributed by atoms with E-state index < -0.39 is 0 Å². The molecule has 4 heteroatoms. The Morgan fingerprint density at radius 2 is 1.77 bits per heavy atom. The Morgan fingerprint density at radius 1 is 1.09 bits per heavy atom. The molecule has 3 rings (SSSR count). The molecule has 0 unspecified atom stereocenters. The molecule has 0 aliphatic rings. The number of halogens is 1. The first kappa shape index (κ1) is 14.9. The molecule has 0 fully saturated rings. The maximum atomic E-state index is 11.9. The third-order valence-electron chi connectivity index (χ3n) is 3.79. The summed E-state index contributed by atoms with van der Waals surface area (Å²) in [5.74, 6) is 0.782. The first-order chi connectivity index (χ1) is 10.5. The van der Waals surface area contributed by atoms with Crippen molar-refractivity contribution in [1.82, 2.24) is 0 Å². The molecule has 0 amide bonds. The van der Waals surface area contributed by atoms with E-state index in [1.54, 1.807) is 13.2 Å². The molecule has 1 aromatic heterocycles. The zero-order valence-electron chi connectivity index (χ0n) is 12.6. The number of aryl methyl sites for hydroxylation is 2. The Kier molecular flexibility index (Phi) is 3.79. The van der Waals surface area contributed by atoms with Gasteiger partial charge in [-0.25, -0.2) is 4.79 Å². The average molecular weight is 359 g/mol. The van der Waals surface area contributed by atoms with Gasteiger partial charge in [0.05, 0.1) is 7.11 Å². The summed E-state index contributed by atoms with van der Waals surface area (Å²) in [7, 11) is 1.63. The molecule has 3 nitrogen and oxygen atoms in total.